The summed E-state index contributed by atoms with van der Waals surface area (Å²) < 4.78 is 0. The van der Waals surface area contributed by atoms with Crippen molar-refractivity contribution in [2.45, 2.75) is 25.8 Å². The standard InChI is InChI=1S/C20H21N3O3/c1-12(22-19(25)15-4-2-14(3-5-15)18(21)24)13-8-10-17(11-9-13)23-20(26)16-6-7-16/h2-5,8-12,16H,6-7H2,1H3,(H2,21,24)(H,22,25)(H,23,26). The number of carbonyl (C=O) groups is 3. The lowest BCUT2D eigenvalue weighted by Crippen LogP contribution is -2.26. The van der Waals surface area contributed by atoms with Gasteiger partial charge in [0, 0.05) is 22.7 Å². The quantitative estimate of drug-likeness (QED) is 0.745. The van der Waals surface area contributed by atoms with E-state index in [0.29, 0.717) is 11.1 Å². The largest absolute Gasteiger partial charge is 0.366 e. The highest BCUT2D eigenvalue weighted by Gasteiger charge is 2.29. The Bertz CT molecular complexity index is 824. The van der Waals surface area contributed by atoms with E-state index in [9.17, 15) is 14.4 Å². The zero-order chi connectivity index (χ0) is 18.7. The van der Waals surface area contributed by atoms with Crippen molar-refractivity contribution < 1.29 is 14.4 Å². The van der Waals surface area contributed by atoms with Crippen LogP contribution in [0.25, 0.3) is 0 Å². The molecule has 0 spiro atoms. The summed E-state index contributed by atoms with van der Waals surface area (Å²) in [5.74, 6) is -0.536. The van der Waals surface area contributed by atoms with Crippen LogP contribution >= 0.6 is 0 Å². The number of hydrogen-bond acceptors (Lipinski definition) is 3. The Labute approximate surface area is 151 Å². The Balaban J connectivity index is 1.59. The van der Waals surface area contributed by atoms with Crippen LogP contribution in [0.3, 0.4) is 0 Å². The minimum atomic E-state index is -0.529. The topological polar surface area (TPSA) is 101 Å². The molecule has 3 amide bonds. The molecule has 134 valence electrons. The van der Waals surface area contributed by atoms with Crippen LogP contribution in [0.2, 0.25) is 0 Å². The Kier molecular flexibility index (Phi) is 5.02. The summed E-state index contributed by atoms with van der Waals surface area (Å²) in [6, 6.07) is 13.4. The zero-order valence-electron chi connectivity index (χ0n) is 14.5. The minimum Gasteiger partial charge on any atom is -0.366 e. The van der Waals surface area contributed by atoms with Gasteiger partial charge in [0.25, 0.3) is 5.91 Å². The fraction of sp³-hybridized carbons (Fsp3) is 0.250. The molecule has 4 N–H and O–H groups in total. The Morgan fingerprint density at radius 1 is 0.962 bits per heavy atom. The SMILES string of the molecule is CC(NC(=O)c1ccc(C(N)=O)cc1)c1ccc(NC(=O)C2CC2)cc1. The molecule has 0 aromatic heterocycles. The van der Waals surface area contributed by atoms with Crippen LogP contribution in [0.15, 0.2) is 48.5 Å². The predicted octanol–water partition coefficient (Wildman–Crippen LogP) is 2.63. The second-order valence-corrected chi connectivity index (χ2v) is 6.52. The first kappa shape index (κ1) is 17.7. The lowest BCUT2D eigenvalue weighted by atomic mass is 10.1. The van der Waals surface area contributed by atoms with Crippen LogP contribution < -0.4 is 16.4 Å². The third-order valence-electron chi connectivity index (χ3n) is 4.41. The molecule has 6 nitrogen and oxygen atoms in total. The number of nitrogens with one attached hydrogen (secondary N) is 2. The number of carbonyl (C=O) groups excluding carboxylic acids is 3. The highest BCUT2D eigenvalue weighted by atomic mass is 16.2. The Hall–Kier alpha value is -3.15. The van der Waals surface area contributed by atoms with E-state index in [1.807, 2.05) is 31.2 Å². The van der Waals surface area contributed by atoms with Gasteiger partial charge in [-0.3, -0.25) is 14.4 Å². The predicted molar refractivity (Wildman–Crippen MR) is 98.6 cm³/mol. The average Bonchev–Trinajstić information content (AvgIpc) is 3.47. The summed E-state index contributed by atoms with van der Waals surface area (Å²) in [6.07, 6.45) is 1.93. The maximum absolute atomic E-state index is 12.3. The van der Waals surface area contributed by atoms with Crippen molar-refractivity contribution in [2.24, 2.45) is 11.7 Å². The number of primary amides is 1. The summed E-state index contributed by atoms with van der Waals surface area (Å²) in [7, 11) is 0. The molecule has 0 heterocycles. The van der Waals surface area contributed by atoms with Gasteiger partial charge in [-0.1, -0.05) is 12.1 Å². The van der Waals surface area contributed by atoms with E-state index in [4.69, 9.17) is 5.73 Å². The van der Waals surface area contributed by atoms with Crippen LogP contribution in [0, 0.1) is 5.92 Å². The third-order valence-corrected chi connectivity index (χ3v) is 4.41. The van der Waals surface area contributed by atoms with Crippen LogP contribution in [-0.4, -0.2) is 17.7 Å². The average molecular weight is 351 g/mol. The minimum absolute atomic E-state index is 0.0681. The van der Waals surface area contributed by atoms with Gasteiger partial charge in [-0.2, -0.15) is 0 Å². The molecule has 0 bridgehead atoms. The van der Waals surface area contributed by atoms with Crippen LogP contribution in [0.5, 0.6) is 0 Å². The molecule has 1 fully saturated rings. The number of hydrogen-bond donors (Lipinski definition) is 3. The van der Waals surface area contributed by atoms with Crippen molar-refractivity contribution in [2.75, 3.05) is 5.32 Å². The maximum atomic E-state index is 12.3. The van der Waals surface area contributed by atoms with Gasteiger partial charge in [0.2, 0.25) is 11.8 Å². The normalized spacial score (nSPS) is 14.3. The molecule has 6 heteroatoms. The second kappa shape index (κ2) is 7.39. The first-order valence-corrected chi connectivity index (χ1v) is 8.55. The van der Waals surface area contributed by atoms with E-state index in [-0.39, 0.29) is 23.8 Å². The molecular weight excluding hydrogens is 330 g/mol. The van der Waals surface area contributed by atoms with Gasteiger partial charge < -0.3 is 16.4 Å². The molecule has 1 unspecified atom stereocenters. The summed E-state index contributed by atoms with van der Waals surface area (Å²) in [4.78, 5) is 35.2. The van der Waals surface area contributed by atoms with E-state index in [2.05, 4.69) is 10.6 Å². The Morgan fingerprint density at radius 2 is 1.54 bits per heavy atom. The first-order chi connectivity index (χ1) is 12.4. The molecule has 26 heavy (non-hydrogen) atoms. The molecule has 1 atom stereocenters. The third kappa shape index (κ3) is 4.27. The smallest absolute Gasteiger partial charge is 0.251 e. The van der Waals surface area contributed by atoms with E-state index < -0.39 is 5.91 Å². The monoisotopic (exact) mass is 351 g/mol. The van der Waals surface area contributed by atoms with Crippen molar-refractivity contribution in [3.8, 4) is 0 Å². The molecule has 1 aliphatic rings. The Morgan fingerprint density at radius 3 is 2.08 bits per heavy atom. The van der Waals surface area contributed by atoms with Gasteiger partial charge in [-0.25, -0.2) is 0 Å². The zero-order valence-corrected chi connectivity index (χ0v) is 14.5. The van der Waals surface area contributed by atoms with E-state index in [1.165, 1.54) is 12.1 Å². The molecule has 0 radical (unpaired) electrons. The molecule has 0 saturated heterocycles. The molecule has 2 aromatic carbocycles. The molecule has 3 rings (SSSR count). The molecule has 1 aliphatic carbocycles. The van der Waals surface area contributed by atoms with Crippen molar-refractivity contribution in [1.29, 1.82) is 0 Å². The van der Waals surface area contributed by atoms with Gasteiger partial charge in [-0.05, 0) is 61.7 Å². The highest BCUT2D eigenvalue weighted by molar-refractivity contribution is 5.97. The lowest BCUT2D eigenvalue weighted by molar-refractivity contribution is -0.117. The lowest BCUT2D eigenvalue weighted by Gasteiger charge is -2.15. The number of benzene rings is 2. The summed E-state index contributed by atoms with van der Waals surface area (Å²) >= 11 is 0. The van der Waals surface area contributed by atoms with Crippen LogP contribution in [0.4, 0.5) is 5.69 Å². The van der Waals surface area contributed by atoms with Crippen molar-refractivity contribution in [3.63, 3.8) is 0 Å². The summed E-state index contributed by atoms with van der Waals surface area (Å²) in [5, 5.41) is 5.79. The van der Waals surface area contributed by atoms with Crippen molar-refractivity contribution >= 4 is 23.4 Å². The number of rotatable bonds is 6. The van der Waals surface area contributed by atoms with Gasteiger partial charge in [0.05, 0.1) is 6.04 Å². The number of nitrogens with two attached hydrogens (primary N) is 1. The fourth-order valence-corrected chi connectivity index (χ4v) is 2.59. The maximum Gasteiger partial charge on any atom is 0.251 e. The van der Waals surface area contributed by atoms with Gasteiger partial charge in [0.1, 0.15) is 0 Å². The van der Waals surface area contributed by atoms with Gasteiger partial charge >= 0.3 is 0 Å². The second-order valence-electron chi connectivity index (χ2n) is 6.52. The van der Waals surface area contributed by atoms with Gasteiger partial charge in [0.15, 0.2) is 0 Å². The van der Waals surface area contributed by atoms with Gasteiger partial charge in [-0.15, -0.1) is 0 Å². The number of anilines is 1. The first-order valence-electron chi connectivity index (χ1n) is 8.55. The fourth-order valence-electron chi connectivity index (χ4n) is 2.59. The molecular formula is C20H21N3O3. The summed E-state index contributed by atoms with van der Waals surface area (Å²) in [6.45, 7) is 1.88. The molecule has 0 aliphatic heterocycles. The van der Waals surface area contributed by atoms with Crippen molar-refractivity contribution in [1.82, 2.24) is 5.32 Å². The number of amides is 3. The molecule has 1 saturated carbocycles. The highest BCUT2D eigenvalue weighted by Crippen LogP contribution is 2.30. The molecule has 2 aromatic rings. The summed E-state index contributed by atoms with van der Waals surface area (Å²) in [5.41, 5.74) is 7.69. The van der Waals surface area contributed by atoms with Crippen LogP contribution in [0.1, 0.15) is 52.1 Å². The van der Waals surface area contributed by atoms with Crippen LogP contribution in [-0.2, 0) is 4.79 Å². The van der Waals surface area contributed by atoms with E-state index in [1.54, 1.807) is 12.1 Å². The van der Waals surface area contributed by atoms with E-state index in [0.717, 1.165) is 24.1 Å². The van der Waals surface area contributed by atoms with Crippen molar-refractivity contribution in [3.05, 3.63) is 65.2 Å². The van der Waals surface area contributed by atoms with E-state index >= 15 is 0 Å².